The van der Waals surface area contributed by atoms with Crippen LogP contribution in [-0.2, 0) is 39.3 Å². The number of anilines is 2. The second-order valence-corrected chi connectivity index (χ2v) is 18.9. The molecule has 4 heterocycles. The van der Waals surface area contributed by atoms with Crippen molar-refractivity contribution in [3.05, 3.63) is 95.0 Å². The summed E-state index contributed by atoms with van der Waals surface area (Å²) >= 11 is 0. The van der Waals surface area contributed by atoms with Crippen molar-refractivity contribution < 1.29 is 23.5 Å². The number of halogens is 1. The first-order chi connectivity index (χ1) is 24.8. The molecule has 12 heteroatoms. The van der Waals surface area contributed by atoms with Crippen LogP contribution in [0.3, 0.4) is 0 Å². The minimum atomic E-state index is -3.39. The molecule has 10 nitrogen and oxygen atoms in total. The van der Waals surface area contributed by atoms with Gasteiger partial charge in [0.1, 0.15) is 0 Å². The normalized spacial score (nSPS) is 21.7. The van der Waals surface area contributed by atoms with Crippen LogP contribution in [0.15, 0.2) is 78.2 Å². The molecule has 2 aliphatic heterocycles. The van der Waals surface area contributed by atoms with Crippen molar-refractivity contribution in [2.45, 2.75) is 96.7 Å². The highest BCUT2D eigenvalue weighted by Crippen LogP contribution is 2.60. The fourth-order valence-electron chi connectivity index (χ4n) is 8.11. The number of allylic oxidation sites excluding steroid dienone is 3. The number of aryl methyl sites for hydroxylation is 1. The molecular formula is C40H51FN6O4Si. The van der Waals surface area contributed by atoms with Crippen molar-refractivity contribution in [2.75, 3.05) is 23.4 Å². The van der Waals surface area contributed by atoms with Gasteiger partial charge in [-0.3, -0.25) is 14.3 Å². The molecule has 3 N–H and O–H groups in total. The maximum absolute atomic E-state index is 16.4. The Morgan fingerprint density at radius 3 is 2.71 bits per heavy atom. The zero-order chi connectivity index (χ0) is 37.2. The molecule has 6 rings (SSSR count). The molecule has 0 aliphatic carbocycles. The number of aliphatic hydroxyl groups is 1. The number of nitrogens with zero attached hydrogens (tertiary/aromatic N) is 4. The predicted octanol–water partition coefficient (Wildman–Crippen LogP) is 7.38. The number of nitrogens with one attached hydrogen (secondary N) is 2. The van der Waals surface area contributed by atoms with E-state index in [0.717, 1.165) is 29.3 Å². The van der Waals surface area contributed by atoms with Gasteiger partial charge in [0.2, 0.25) is 14.3 Å². The average molecular weight is 727 g/mol. The van der Waals surface area contributed by atoms with E-state index in [1.165, 1.54) is 11.1 Å². The molecule has 2 amide bonds. The van der Waals surface area contributed by atoms with Gasteiger partial charge in [-0.15, -0.1) is 5.10 Å². The van der Waals surface area contributed by atoms with Crippen LogP contribution >= 0.6 is 0 Å². The number of rotatable bonds is 14. The minimum Gasteiger partial charge on any atom is -0.396 e. The summed E-state index contributed by atoms with van der Waals surface area (Å²) in [5.74, 6) is -0.861. The maximum atomic E-state index is 16.4. The first-order valence-electron chi connectivity index (χ1n) is 18.3. The number of aromatic amines is 1. The third kappa shape index (κ3) is 7.55. The SMILES string of the molecule is CC(C)=CCC/C(C)=C/CN1C(=O)[C@@]2(O[C@@H](CCn3cc(CCO)nn3)[C@H]([Si](C)(C)F)[C@H]2C)c2cc(NC(=O)Cc3c[nH]c4ccccc34)ccc21. The molecule has 0 bridgehead atoms. The summed E-state index contributed by atoms with van der Waals surface area (Å²) in [6.07, 6.45) is 10.2. The average Bonchev–Trinajstić information content (AvgIpc) is 3.84. The smallest absolute Gasteiger partial charge is 0.264 e. The second kappa shape index (κ2) is 15.3. The molecule has 0 unspecified atom stereocenters. The lowest BCUT2D eigenvalue weighted by Gasteiger charge is -2.31. The highest BCUT2D eigenvalue weighted by molar-refractivity contribution is 6.72. The number of hydrogen-bond acceptors (Lipinski definition) is 6. The molecule has 0 radical (unpaired) electrons. The van der Waals surface area contributed by atoms with Gasteiger partial charge in [0, 0.05) is 72.1 Å². The van der Waals surface area contributed by atoms with Gasteiger partial charge in [0.15, 0.2) is 5.60 Å². The van der Waals surface area contributed by atoms with Crippen molar-refractivity contribution >= 4 is 42.5 Å². The lowest BCUT2D eigenvalue weighted by Crippen LogP contribution is -2.45. The fourth-order valence-corrected chi connectivity index (χ4v) is 10.6. The summed E-state index contributed by atoms with van der Waals surface area (Å²) in [7, 11) is -3.39. The summed E-state index contributed by atoms with van der Waals surface area (Å²) < 4.78 is 25.1. The van der Waals surface area contributed by atoms with Gasteiger partial charge < -0.3 is 29.2 Å². The van der Waals surface area contributed by atoms with Crippen molar-refractivity contribution in [1.29, 1.82) is 0 Å². The largest absolute Gasteiger partial charge is 0.396 e. The number of para-hydroxylation sites is 1. The number of aliphatic hydroxyl groups excluding tert-OH is 1. The van der Waals surface area contributed by atoms with Gasteiger partial charge in [0.05, 0.1) is 23.9 Å². The van der Waals surface area contributed by atoms with Crippen LogP contribution in [0.2, 0.25) is 18.6 Å². The number of hydrogen-bond donors (Lipinski definition) is 3. The van der Waals surface area contributed by atoms with E-state index in [1.807, 2.05) is 55.6 Å². The molecule has 4 aromatic rings. The van der Waals surface area contributed by atoms with Gasteiger partial charge in [-0.2, -0.15) is 0 Å². The molecule has 1 fully saturated rings. The van der Waals surface area contributed by atoms with Crippen LogP contribution in [0.25, 0.3) is 10.9 Å². The van der Waals surface area contributed by atoms with Crippen LogP contribution in [0.5, 0.6) is 0 Å². The summed E-state index contributed by atoms with van der Waals surface area (Å²) in [5.41, 5.74) is 5.00. The van der Waals surface area contributed by atoms with Crippen LogP contribution in [0, 0.1) is 5.92 Å². The van der Waals surface area contributed by atoms with Gasteiger partial charge in [-0.1, -0.05) is 53.6 Å². The molecule has 4 atom stereocenters. The number of carbonyl (C=O) groups is 2. The summed E-state index contributed by atoms with van der Waals surface area (Å²) in [4.78, 5) is 33.3. The number of amides is 2. The van der Waals surface area contributed by atoms with E-state index in [4.69, 9.17) is 4.74 Å². The van der Waals surface area contributed by atoms with Crippen molar-refractivity contribution in [2.24, 2.45) is 5.92 Å². The molecule has 1 saturated heterocycles. The number of fused-ring (bicyclic) bond motifs is 3. The van der Waals surface area contributed by atoms with E-state index in [9.17, 15) is 14.7 Å². The Morgan fingerprint density at radius 2 is 1.96 bits per heavy atom. The zero-order valence-electron chi connectivity index (χ0n) is 31.1. The monoisotopic (exact) mass is 726 g/mol. The number of aromatic nitrogens is 4. The standard InChI is InChI=1S/C40H51FN6O4Si/c1-26(2)10-9-11-27(3)16-20-47-35-15-14-30(43-37(49)22-29-24-42-34-13-8-7-12-32(29)34)23-33(35)40(39(47)50)28(4)38(52(5,6)41)36(51-40)17-19-46-25-31(18-21-48)44-45-46/h7-8,10,12-16,23-25,28,36,38,42,48H,9,11,17-22H2,1-6H3,(H,43,49)/b27-16+/t28-,36+,38-,40+/m1/s1. The van der Waals surface area contributed by atoms with Crippen LogP contribution in [0.4, 0.5) is 15.5 Å². The predicted molar refractivity (Wildman–Crippen MR) is 205 cm³/mol. The van der Waals surface area contributed by atoms with Crippen LogP contribution in [0.1, 0.15) is 63.8 Å². The zero-order valence-corrected chi connectivity index (χ0v) is 32.1. The van der Waals surface area contributed by atoms with E-state index in [0.29, 0.717) is 48.6 Å². The number of benzene rings is 2. The second-order valence-electron chi connectivity index (χ2n) is 15.1. The third-order valence-electron chi connectivity index (χ3n) is 10.6. The molecule has 276 valence electrons. The Bertz CT molecular complexity index is 1990. The van der Waals surface area contributed by atoms with E-state index in [-0.39, 0.29) is 24.8 Å². The molecule has 2 aromatic heterocycles. The Labute approximate surface area is 306 Å². The van der Waals surface area contributed by atoms with E-state index in [2.05, 4.69) is 53.5 Å². The Morgan fingerprint density at radius 1 is 1.17 bits per heavy atom. The number of H-pyrrole nitrogens is 1. The summed E-state index contributed by atoms with van der Waals surface area (Å²) in [6, 6.07) is 13.4. The van der Waals surface area contributed by atoms with Gasteiger partial charge in [0.25, 0.3) is 5.91 Å². The number of carbonyl (C=O) groups excluding carboxylic acids is 2. The van der Waals surface area contributed by atoms with Gasteiger partial charge in [-0.25, -0.2) is 0 Å². The van der Waals surface area contributed by atoms with Crippen molar-refractivity contribution in [3.8, 4) is 0 Å². The molecule has 52 heavy (non-hydrogen) atoms. The minimum absolute atomic E-state index is 0.0260. The Balaban J connectivity index is 1.32. The summed E-state index contributed by atoms with van der Waals surface area (Å²) in [5, 5.41) is 21.7. The maximum Gasteiger partial charge on any atom is 0.264 e. The van der Waals surface area contributed by atoms with Gasteiger partial charge in [-0.05, 0) is 83.0 Å². The first kappa shape index (κ1) is 37.4. The van der Waals surface area contributed by atoms with E-state index in [1.54, 1.807) is 28.9 Å². The fraction of sp³-hybridized carbons (Fsp3) is 0.450. The Kier molecular flexibility index (Phi) is 11.0. The molecule has 2 aromatic carbocycles. The third-order valence-corrected chi connectivity index (χ3v) is 13.0. The van der Waals surface area contributed by atoms with Crippen LogP contribution < -0.4 is 10.2 Å². The molecule has 2 aliphatic rings. The van der Waals surface area contributed by atoms with Crippen LogP contribution in [-0.4, -0.2) is 64.6 Å². The van der Waals surface area contributed by atoms with Crippen molar-refractivity contribution in [3.63, 3.8) is 0 Å². The highest BCUT2D eigenvalue weighted by atomic mass is 28.4. The van der Waals surface area contributed by atoms with Crippen molar-refractivity contribution in [1.82, 2.24) is 20.0 Å². The lowest BCUT2D eigenvalue weighted by molar-refractivity contribution is -0.145. The lowest BCUT2D eigenvalue weighted by atomic mass is 9.82. The highest BCUT2D eigenvalue weighted by Gasteiger charge is 2.66. The number of ether oxygens (including phenoxy) is 1. The summed E-state index contributed by atoms with van der Waals surface area (Å²) in [6.45, 7) is 12.3. The first-order valence-corrected chi connectivity index (χ1v) is 21.2. The topological polar surface area (TPSA) is 125 Å². The van der Waals surface area contributed by atoms with Gasteiger partial charge >= 0.3 is 0 Å². The van der Waals surface area contributed by atoms with E-state index < -0.39 is 31.6 Å². The quantitative estimate of drug-likeness (QED) is 0.0708. The molecule has 0 saturated carbocycles. The molecular weight excluding hydrogens is 676 g/mol. The Hall–Kier alpha value is -4.39. The van der Waals surface area contributed by atoms with E-state index >= 15 is 4.11 Å². The molecule has 1 spiro atoms.